The van der Waals surface area contributed by atoms with Crippen LogP contribution in [0.4, 0.5) is 0 Å². The molecule has 1 fully saturated rings. The summed E-state index contributed by atoms with van der Waals surface area (Å²) < 4.78 is 0. The van der Waals surface area contributed by atoms with Gasteiger partial charge in [-0.15, -0.1) is 0 Å². The van der Waals surface area contributed by atoms with E-state index in [1.807, 2.05) is 65.6 Å². The number of aromatic amines is 1. The van der Waals surface area contributed by atoms with Crippen molar-refractivity contribution < 1.29 is 4.79 Å². The second kappa shape index (κ2) is 7.08. The van der Waals surface area contributed by atoms with E-state index < -0.39 is 5.41 Å². The lowest BCUT2D eigenvalue weighted by Crippen LogP contribution is -2.44. The summed E-state index contributed by atoms with van der Waals surface area (Å²) >= 11 is 0. The van der Waals surface area contributed by atoms with Crippen LogP contribution in [0.15, 0.2) is 66.9 Å². The van der Waals surface area contributed by atoms with E-state index in [-0.39, 0.29) is 5.91 Å². The number of likely N-dealkylation sites (tertiary alicyclic amines) is 1. The summed E-state index contributed by atoms with van der Waals surface area (Å²) in [5.74, 6) is 0.0192. The number of hydrogen-bond acceptors (Lipinski definition) is 3. The molecule has 5 heteroatoms. The summed E-state index contributed by atoms with van der Waals surface area (Å²) in [4.78, 5) is 14.7. The number of carbonyl (C=O) groups is 1. The molecule has 5 nitrogen and oxygen atoms in total. The van der Waals surface area contributed by atoms with E-state index in [4.69, 9.17) is 0 Å². The van der Waals surface area contributed by atoms with Crippen LogP contribution >= 0.6 is 0 Å². The number of nitrogens with one attached hydrogen (secondary N) is 1. The van der Waals surface area contributed by atoms with Gasteiger partial charge in [0, 0.05) is 24.8 Å². The Bertz CT molecular complexity index is 948. The van der Waals surface area contributed by atoms with Crippen LogP contribution in [0.25, 0.3) is 11.3 Å². The van der Waals surface area contributed by atoms with Gasteiger partial charge in [0.05, 0.1) is 17.2 Å². The highest BCUT2D eigenvalue weighted by atomic mass is 16.2. The number of carbonyl (C=O) groups excluding carboxylic acids is 1. The molecule has 4 rings (SSSR count). The molecule has 27 heavy (non-hydrogen) atoms. The van der Waals surface area contributed by atoms with E-state index in [1.165, 1.54) is 0 Å². The van der Waals surface area contributed by atoms with Gasteiger partial charge >= 0.3 is 0 Å². The number of H-pyrrole nitrogens is 1. The Hall–Kier alpha value is -3.39. The highest BCUT2D eigenvalue weighted by Crippen LogP contribution is 2.35. The third-order valence-electron chi connectivity index (χ3n) is 5.39. The van der Waals surface area contributed by atoms with Gasteiger partial charge < -0.3 is 4.90 Å². The molecule has 0 bridgehead atoms. The Morgan fingerprint density at radius 3 is 2.33 bits per heavy atom. The maximum Gasteiger partial charge on any atom is 0.253 e. The van der Waals surface area contributed by atoms with Crippen LogP contribution in [-0.4, -0.2) is 34.1 Å². The number of rotatable bonds is 3. The predicted molar refractivity (Wildman–Crippen MR) is 103 cm³/mol. The second-order valence-electron chi connectivity index (χ2n) is 6.90. The number of nitrogens with zero attached hydrogens (tertiary/aromatic N) is 3. The van der Waals surface area contributed by atoms with Gasteiger partial charge in [-0.05, 0) is 42.2 Å². The zero-order valence-corrected chi connectivity index (χ0v) is 14.9. The van der Waals surface area contributed by atoms with Gasteiger partial charge in [0.1, 0.15) is 0 Å². The molecule has 0 atom stereocenters. The third-order valence-corrected chi connectivity index (χ3v) is 5.39. The number of aromatic nitrogens is 2. The van der Waals surface area contributed by atoms with Gasteiger partial charge in [-0.3, -0.25) is 9.89 Å². The minimum absolute atomic E-state index is 0.0192. The molecule has 1 aliphatic heterocycles. The van der Waals surface area contributed by atoms with Crippen LogP contribution in [0.3, 0.4) is 0 Å². The van der Waals surface area contributed by atoms with Crippen molar-refractivity contribution in [2.24, 2.45) is 0 Å². The Balaban J connectivity index is 1.46. The van der Waals surface area contributed by atoms with E-state index in [1.54, 1.807) is 6.20 Å². The normalized spacial score (nSPS) is 15.9. The molecule has 1 saturated heterocycles. The summed E-state index contributed by atoms with van der Waals surface area (Å²) in [6.07, 6.45) is 3.02. The van der Waals surface area contributed by atoms with Gasteiger partial charge in [0.15, 0.2) is 0 Å². The molecular formula is C22H20N4O. The fourth-order valence-corrected chi connectivity index (χ4v) is 3.71. The average Bonchev–Trinajstić information content (AvgIpc) is 3.29. The summed E-state index contributed by atoms with van der Waals surface area (Å²) in [6, 6.07) is 21.9. The molecule has 0 unspecified atom stereocenters. The Morgan fingerprint density at radius 1 is 1.04 bits per heavy atom. The second-order valence-corrected chi connectivity index (χ2v) is 6.90. The van der Waals surface area contributed by atoms with Gasteiger partial charge in [-0.1, -0.05) is 42.5 Å². The summed E-state index contributed by atoms with van der Waals surface area (Å²) in [7, 11) is 0. The average molecular weight is 356 g/mol. The third kappa shape index (κ3) is 3.22. The molecule has 0 spiro atoms. The standard InChI is InChI=1S/C22H20N4O/c23-16-22(19-4-2-1-3-5-19)11-14-26(15-12-22)21(27)18-8-6-17(7-9-18)20-10-13-24-25-20/h1-10,13H,11-12,14-15H2,(H,24,25). The van der Waals surface area contributed by atoms with E-state index in [2.05, 4.69) is 16.3 Å². The molecule has 1 amide bonds. The predicted octanol–water partition coefficient (Wildman–Crippen LogP) is 3.77. The molecule has 2 heterocycles. The fourth-order valence-electron chi connectivity index (χ4n) is 3.71. The molecule has 1 aliphatic rings. The van der Waals surface area contributed by atoms with Crippen LogP contribution in [0.2, 0.25) is 0 Å². The summed E-state index contributed by atoms with van der Waals surface area (Å²) in [6.45, 7) is 1.17. The molecule has 134 valence electrons. The van der Waals surface area contributed by atoms with Gasteiger partial charge in [0.25, 0.3) is 5.91 Å². The molecule has 2 aromatic carbocycles. The number of amides is 1. The first-order valence-electron chi connectivity index (χ1n) is 9.08. The number of benzene rings is 2. The topological polar surface area (TPSA) is 72.8 Å². The molecular weight excluding hydrogens is 336 g/mol. The van der Waals surface area contributed by atoms with E-state index >= 15 is 0 Å². The number of nitriles is 1. The summed E-state index contributed by atoms with van der Waals surface area (Å²) in [5, 5.41) is 16.7. The first-order chi connectivity index (χ1) is 13.2. The molecule has 0 aliphatic carbocycles. The maximum atomic E-state index is 12.9. The van der Waals surface area contributed by atoms with Crippen LogP contribution in [0.5, 0.6) is 0 Å². The molecule has 1 N–H and O–H groups in total. The molecule has 3 aromatic rings. The van der Waals surface area contributed by atoms with Crippen LogP contribution in [0.1, 0.15) is 28.8 Å². The number of hydrogen-bond donors (Lipinski definition) is 1. The number of piperidine rings is 1. The summed E-state index contributed by atoms with van der Waals surface area (Å²) in [5.41, 5.74) is 3.14. The SMILES string of the molecule is N#CC1(c2ccccc2)CCN(C(=O)c2ccc(-c3ccn[nH]3)cc2)CC1. The van der Waals surface area contributed by atoms with Crippen LogP contribution in [0, 0.1) is 11.3 Å². The van der Waals surface area contributed by atoms with Crippen LogP contribution in [-0.2, 0) is 5.41 Å². The van der Waals surface area contributed by atoms with Crippen molar-refractivity contribution in [2.45, 2.75) is 18.3 Å². The maximum absolute atomic E-state index is 12.9. The lowest BCUT2D eigenvalue weighted by molar-refractivity contribution is 0.0692. The van der Waals surface area contributed by atoms with Crippen LogP contribution < -0.4 is 0 Å². The Kier molecular flexibility index (Phi) is 4.47. The zero-order valence-electron chi connectivity index (χ0n) is 14.9. The van der Waals surface area contributed by atoms with E-state index in [0.717, 1.165) is 16.8 Å². The van der Waals surface area contributed by atoms with Crippen molar-refractivity contribution in [2.75, 3.05) is 13.1 Å². The van der Waals surface area contributed by atoms with E-state index in [9.17, 15) is 10.1 Å². The quantitative estimate of drug-likeness (QED) is 0.776. The van der Waals surface area contributed by atoms with Crippen molar-refractivity contribution in [1.29, 1.82) is 5.26 Å². The first kappa shape index (κ1) is 17.0. The molecule has 1 aromatic heterocycles. The fraction of sp³-hybridized carbons (Fsp3) is 0.227. The van der Waals surface area contributed by atoms with Gasteiger partial charge in [0.2, 0.25) is 0 Å². The monoisotopic (exact) mass is 356 g/mol. The molecule has 0 saturated carbocycles. The van der Waals surface area contributed by atoms with Crippen molar-refractivity contribution in [3.63, 3.8) is 0 Å². The smallest absolute Gasteiger partial charge is 0.253 e. The van der Waals surface area contributed by atoms with Crippen molar-refractivity contribution >= 4 is 5.91 Å². The Morgan fingerprint density at radius 2 is 1.74 bits per heavy atom. The zero-order chi connectivity index (χ0) is 18.7. The largest absolute Gasteiger partial charge is 0.339 e. The van der Waals surface area contributed by atoms with Gasteiger partial charge in [-0.25, -0.2) is 0 Å². The lowest BCUT2D eigenvalue weighted by atomic mass is 9.74. The van der Waals surface area contributed by atoms with Crippen molar-refractivity contribution in [3.05, 3.63) is 78.0 Å². The van der Waals surface area contributed by atoms with Crippen molar-refractivity contribution in [3.8, 4) is 17.3 Å². The first-order valence-corrected chi connectivity index (χ1v) is 9.08. The van der Waals surface area contributed by atoms with Gasteiger partial charge in [-0.2, -0.15) is 10.4 Å². The highest BCUT2D eigenvalue weighted by Gasteiger charge is 2.37. The van der Waals surface area contributed by atoms with E-state index in [0.29, 0.717) is 31.5 Å². The van der Waals surface area contributed by atoms with Crippen molar-refractivity contribution in [1.82, 2.24) is 15.1 Å². The Labute approximate surface area is 158 Å². The highest BCUT2D eigenvalue weighted by molar-refractivity contribution is 5.94. The minimum Gasteiger partial charge on any atom is -0.339 e. The molecule has 0 radical (unpaired) electrons. The lowest BCUT2D eigenvalue weighted by Gasteiger charge is -2.37. The minimum atomic E-state index is -0.498.